The van der Waals surface area contributed by atoms with Gasteiger partial charge in [0.15, 0.2) is 11.2 Å². The molecule has 0 saturated carbocycles. The van der Waals surface area contributed by atoms with Crippen LogP contribution >= 0.6 is 0 Å². The first-order valence-corrected chi connectivity index (χ1v) is 10.9. The van der Waals surface area contributed by atoms with Gasteiger partial charge in [-0.15, -0.1) is 0 Å². The molecule has 33 heavy (non-hydrogen) atoms. The Kier molecular flexibility index (Phi) is 6.09. The number of ether oxygens (including phenoxy) is 1. The Morgan fingerprint density at radius 1 is 1.03 bits per heavy atom. The molecule has 0 aliphatic carbocycles. The number of benzene rings is 2. The molecule has 2 unspecified atom stereocenters. The van der Waals surface area contributed by atoms with Gasteiger partial charge in [0.05, 0.1) is 12.0 Å². The van der Waals surface area contributed by atoms with Gasteiger partial charge in [-0.25, -0.2) is 0 Å². The van der Waals surface area contributed by atoms with Gasteiger partial charge in [-0.1, -0.05) is 42.5 Å². The molecule has 0 saturated heterocycles. The van der Waals surface area contributed by atoms with Crippen LogP contribution in [0, 0.1) is 12.8 Å². The third-order valence-electron chi connectivity index (χ3n) is 5.89. The molecule has 4 rings (SSSR count). The number of nitrogens with zero attached hydrogens (tertiary/aromatic N) is 1. The fourth-order valence-corrected chi connectivity index (χ4v) is 4.51. The van der Waals surface area contributed by atoms with Crippen molar-refractivity contribution < 1.29 is 18.7 Å². The third-order valence-corrected chi connectivity index (χ3v) is 5.89. The lowest BCUT2D eigenvalue weighted by Gasteiger charge is -2.32. The Bertz CT molecular complexity index is 1360. The fourth-order valence-electron chi connectivity index (χ4n) is 4.51. The lowest BCUT2D eigenvalue weighted by atomic mass is 9.73. The Labute approximate surface area is 191 Å². The molecule has 0 radical (unpaired) electrons. The van der Waals surface area contributed by atoms with Gasteiger partial charge in [0.25, 0.3) is 0 Å². The van der Waals surface area contributed by atoms with Crippen LogP contribution in [0.4, 0.5) is 0 Å². The fraction of sp³-hybridized carbons (Fsp3) is 0.259. The van der Waals surface area contributed by atoms with Gasteiger partial charge in [0, 0.05) is 40.1 Å². The van der Waals surface area contributed by atoms with E-state index in [0.717, 1.165) is 0 Å². The zero-order chi connectivity index (χ0) is 23.7. The van der Waals surface area contributed by atoms with E-state index in [2.05, 4.69) is 4.99 Å². The smallest absolute Gasteiger partial charge is 0.315 e. The highest BCUT2D eigenvalue weighted by molar-refractivity contribution is 6.14. The Hall–Kier alpha value is -3.80. The molecule has 0 amide bonds. The van der Waals surface area contributed by atoms with Crippen LogP contribution in [0.3, 0.4) is 0 Å². The minimum Gasteiger partial charge on any atom is -0.465 e. The number of rotatable bonds is 5. The molecule has 168 valence electrons. The molecule has 3 aromatic rings. The van der Waals surface area contributed by atoms with Crippen LogP contribution < -0.4 is 5.43 Å². The standard InChI is InChI=1S/C27H25NO5/c1-5-32-27(31)23-17(4)28-16(3)22(25(30)18-10-7-6-8-11-18)24(23)20-13-9-12-19-21(29)14-15(2)33-26(19)20/h6-14,23-24H,5H2,1-4H3. The van der Waals surface area contributed by atoms with Gasteiger partial charge in [-0.2, -0.15) is 0 Å². The van der Waals surface area contributed by atoms with E-state index in [-0.39, 0.29) is 17.8 Å². The van der Waals surface area contributed by atoms with Crippen LogP contribution in [0.1, 0.15) is 48.4 Å². The lowest BCUT2D eigenvalue weighted by Crippen LogP contribution is -2.36. The number of fused-ring (bicyclic) bond motifs is 1. The van der Waals surface area contributed by atoms with Crippen molar-refractivity contribution in [1.82, 2.24) is 0 Å². The predicted molar refractivity (Wildman–Crippen MR) is 127 cm³/mol. The summed E-state index contributed by atoms with van der Waals surface area (Å²) < 4.78 is 11.4. The minimum absolute atomic E-state index is 0.180. The van der Waals surface area contributed by atoms with Gasteiger partial charge in [0.2, 0.25) is 0 Å². The highest BCUT2D eigenvalue weighted by Crippen LogP contribution is 2.43. The maximum Gasteiger partial charge on any atom is 0.315 e. The van der Waals surface area contributed by atoms with Crippen molar-refractivity contribution in [3.63, 3.8) is 0 Å². The van der Waals surface area contributed by atoms with E-state index in [9.17, 15) is 14.4 Å². The molecular weight excluding hydrogens is 418 g/mol. The molecule has 2 heterocycles. The van der Waals surface area contributed by atoms with Crippen molar-refractivity contribution >= 4 is 28.4 Å². The molecule has 6 heteroatoms. The van der Waals surface area contributed by atoms with Gasteiger partial charge in [0.1, 0.15) is 17.3 Å². The van der Waals surface area contributed by atoms with E-state index in [1.54, 1.807) is 70.2 Å². The Balaban J connectivity index is 2.02. The average Bonchev–Trinajstić information content (AvgIpc) is 2.78. The van der Waals surface area contributed by atoms with Crippen molar-refractivity contribution in [3.8, 4) is 0 Å². The summed E-state index contributed by atoms with van der Waals surface area (Å²) in [5.74, 6) is -1.79. The summed E-state index contributed by atoms with van der Waals surface area (Å²) in [5.41, 5.74) is 2.73. The summed E-state index contributed by atoms with van der Waals surface area (Å²) in [7, 11) is 0. The molecule has 0 spiro atoms. The van der Waals surface area contributed by atoms with Gasteiger partial charge < -0.3 is 9.15 Å². The number of Topliss-reactive ketones (excluding diaryl/α,β-unsaturated/α-hetero) is 1. The number of allylic oxidation sites excluding steroid dienone is 2. The lowest BCUT2D eigenvalue weighted by molar-refractivity contribution is -0.146. The summed E-state index contributed by atoms with van der Waals surface area (Å²) in [6.45, 7) is 7.16. The van der Waals surface area contributed by atoms with Crippen LogP contribution in [-0.2, 0) is 9.53 Å². The zero-order valence-electron chi connectivity index (χ0n) is 19.0. The maximum absolute atomic E-state index is 13.7. The maximum atomic E-state index is 13.7. The number of aryl methyl sites for hydroxylation is 1. The van der Waals surface area contributed by atoms with E-state index >= 15 is 0 Å². The van der Waals surface area contributed by atoms with Crippen LogP contribution in [-0.4, -0.2) is 24.1 Å². The van der Waals surface area contributed by atoms with E-state index in [1.807, 2.05) is 6.07 Å². The number of hydrogen-bond acceptors (Lipinski definition) is 6. The summed E-state index contributed by atoms with van der Waals surface area (Å²) in [6, 6.07) is 15.5. The van der Waals surface area contributed by atoms with Crippen molar-refractivity contribution in [2.45, 2.75) is 33.6 Å². The van der Waals surface area contributed by atoms with Gasteiger partial charge in [-0.3, -0.25) is 19.4 Å². The van der Waals surface area contributed by atoms with Gasteiger partial charge >= 0.3 is 5.97 Å². The van der Waals surface area contributed by atoms with Crippen molar-refractivity contribution in [2.24, 2.45) is 10.9 Å². The number of ketones is 1. The van der Waals surface area contributed by atoms with Crippen molar-refractivity contribution in [2.75, 3.05) is 6.61 Å². The predicted octanol–water partition coefficient (Wildman–Crippen LogP) is 5.00. The summed E-state index contributed by atoms with van der Waals surface area (Å²) in [5, 5.41) is 0.394. The first kappa shape index (κ1) is 22.4. The van der Waals surface area contributed by atoms with E-state index in [0.29, 0.717) is 44.8 Å². The first-order chi connectivity index (χ1) is 15.8. The monoisotopic (exact) mass is 443 g/mol. The second-order valence-corrected chi connectivity index (χ2v) is 8.10. The topological polar surface area (TPSA) is 85.9 Å². The van der Waals surface area contributed by atoms with E-state index < -0.39 is 17.8 Å². The van der Waals surface area contributed by atoms with Crippen molar-refractivity contribution in [1.29, 1.82) is 0 Å². The largest absolute Gasteiger partial charge is 0.465 e. The number of hydrogen-bond donors (Lipinski definition) is 0. The summed E-state index contributed by atoms with van der Waals surface area (Å²) in [6.07, 6.45) is 0. The molecule has 0 fully saturated rings. The normalized spacial score (nSPS) is 18.2. The Morgan fingerprint density at radius 2 is 1.76 bits per heavy atom. The molecule has 1 aromatic heterocycles. The second kappa shape index (κ2) is 8.98. The third kappa shape index (κ3) is 4.04. The number of esters is 1. The number of aliphatic imine (C=N–C) groups is 1. The molecule has 0 bridgehead atoms. The summed E-state index contributed by atoms with van der Waals surface area (Å²) in [4.78, 5) is 44.1. The quantitative estimate of drug-likeness (QED) is 0.409. The average molecular weight is 443 g/mol. The Morgan fingerprint density at radius 3 is 2.45 bits per heavy atom. The van der Waals surface area contributed by atoms with Crippen LogP contribution in [0.2, 0.25) is 0 Å². The van der Waals surface area contributed by atoms with Gasteiger partial charge in [-0.05, 0) is 33.8 Å². The first-order valence-electron chi connectivity index (χ1n) is 10.9. The highest BCUT2D eigenvalue weighted by atomic mass is 16.5. The van der Waals surface area contributed by atoms with E-state index in [4.69, 9.17) is 9.15 Å². The van der Waals surface area contributed by atoms with Crippen LogP contribution in [0.25, 0.3) is 11.0 Å². The summed E-state index contributed by atoms with van der Waals surface area (Å²) >= 11 is 0. The number of carbonyl (C=O) groups is 2. The van der Waals surface area contributed by atoms with Crippen LogP contribution in [0.5, 0.6) is 0 Å². The molecule has 1 aliphatic heterocycles. The highest BCUT2D eigenvalue weighted by Gasteiger charge is 2.43. The number of carbonyl (C=O) groups excluding carboxylic acids is 2. The minimum atomic E-state index is -0.826. The second-order valence-electron chi connectivity index (χ2n) is 8.10. The van der Waals surface area contributed by atoms with E-state index in [1.165, 1.54) is 6.07 Å². The molecule has 6 nitrogen and oxygen atoms in total. The van der Waals surface area contributed by atoms with Crippen LogP contribution in [0.15, 0.2) is 80.1 Å². The SMILES string of the molecule is CCOC(=O)C1C(C)=NC(C)=C(C(=O)c2ccccc2)C1c1cccc2c(=O)cc(C)oc12. The molecule has 2 aromatic carbocycles. The molecular formula is C27H25NO5. The number of para-hydroxylation sites is 1. The molecule has 1 aliphatic rings. The van der Waals surface area contributed by atoms with Crippen molar-refractivity contribution in [3.05, 3.63) is 93.0 Å². The zero-order valence-corrected chi connectivity index (χ0v) is 19.0. The molecule has 0 N–H and O–H groups in total. The molecule has 2 atom stereocenters.